The Labute approximate surface area is 74.2 Å². The van der Waals surface area contributed by atoms with E-state index in [0.29, 0.717) is 0 Å². The Morgan fingerprint density at radius 2 is 2.08 bits per heavy atom. The molecule has 0 bridgehead atoms. The Hall–Kier alpha value is -0.550. The van der Waals surface area contributed by atoms with Crippen LogP contribution in [-0.4, -0.2) is 11.2 Å². The second-order valence-corrected chi connectivity index (χ2v) is 4.51. The molecule has 0 aromatic heterocycles. The molecule has 1 aliphatic carbocycles. The molecule has 1 aliphatic rings. The zero-order valence-electron chi connectivity index (χ0n) is 8.09. The van der Waals surface area contributed by atoms with Crippen LogP contribution in [0.3, 0.4) is 0 Å². The van der Waals surface area contributed by atoms with E-state index in [-0.39, 0.29) is 5.41 Å². The number of aliphatic hydroxyl groups excluding tert-OH is 1. The smallest absolute Gasteiger partial charge is 0.0838 e. The highest BCUT2D eigenvalue weighted by Gasteiger charge is 2.54. The van der Waals surface area contributed by atoms with Crippen LogP contribution in [0.1, 0.15) is 40.0 Å². The van der Waals surface area contributed by atoms with E-state index >= 15 is 0 Å². The highest BCUT2D eigenvalue weighted by molar-refractivity contribution is 5.16. The van der Waals surface area contributed by atoms with Gasteiger partial charge in [0.1, 0.15) is 0 Å². The molecule has 0 heterocycles. The van der Waals surface area contributed by atoms with Gasteiger partial charge in [0.25, 0.3) is 0 Å². The maximum absolute atomic E-state index is 9.94. The minimum atomic E-state index is -0.458. The summed E-state index contributed by atoms with van der Waals surface area (Å²) in [4.78, 5) is 0. The third-order valence-corrected chi connectivity index (χ3v) is 3.19. The Bertz CT molecular complexity index is 210. The number of hydrogen-bond donors (Lipinski definition) is 1. The molecule has 0 aliphatic heterocycles. The molecule has 1 rings (SSSR count). The normalized spacial score (nSPS) is 22.9. The van der Waals surface area contributed by atoms with E-state index in [1.165, 1.54) is 0 Å². The summed E-state index contributed by atoms with van der Waals surface area (Å²) >= 11 is 0. The van der Waals surface area contributed by atoms with Gasteiger partial charge in [-0.2, -0.15) is 5.26 Å². The molecule has 2 nitrogen and oxygen atoms in total. The van der Waals surface area contributed by atoms with Crippen molar-refractivity contribution in [3.63, 3.8) is 0 Å². The zero-order valence-corrected chi connectivity index (χ0v) is 8.09. The maximum Gasteiger partial charge on any atom is 0.0838 e. The van der Waals surface area contributed by atoms with Crippen molar-refractivity contribution < 1.29 is 5.11 Å². The van der Waals surface area contributed by atoms with E-state index in [4.69, 9.17) is 5.26 Å². The van der Waals surface area contributed by atoms with Crippen LogP contribution in [-0.2, 0) is 0 Å². The lowest BCUT2D eigenvalue weighted by Crippen LogP contribution is -2.36. The predicted octanol–water partition coefficient (Wildman–Crippen LogP) is 2.09. The fourth-order valence-corrected chi connectivity index (χ4v) is 1.52. The molecule has 12 heavy (non-hydrogen) atoms. The Balaban J connectivity index is 2.72. The highest BCUT2D eigenvalue weighted by atomic mass is 16.3. The number of nitrogens with zero attached hydrogens (tertiary/aromatic N) is 1. The van der Waals surface area contributed by atoms with E-state index in [0.717, 1.165) is 19.3 Å². The maximum atomic E-state index is 9.94. The quantitative estimate of drug-likeness (QED) is 0.699. The number of hydrogen-bond acceptors (Lipinski definition) is 2. The summed E-state index contributed by atoms with van der Waals surface area (Å²) in [7, 11) is 0. The Kier molecular flexibility index (Phi) is 2.18. The fourth-order valence-electron chi connectivity index (χ4n) is 1.52. The van der Waals surface area contributed by atoms with Crippen LogP contribution in [0, 0.1) is 22.2 Å². The van der Waals surface area contributed by atoms with Gasteiger partial charge in [0, 0.05) is 0 Å². The average Bonchev–Trinajstić information content (AvgIpc) is 2.83. The van der Waals surface area contributed by atoms with Gasteiger partial charge in [-0.1, -0.05) is 20.8 Å². The van der Waals surface area contributed by atoms with E-state index in [1.54, 1.807) is 0 Å². The van der Waals surface area contributed by atoms with Crippen LogP contribution in [0.5, 0.6) is 0 Å². The third-order valence-electron chi connectivity index (χ3n) is 3.19. The minimum Gasteiger partial charge on any atom is -0.391 e. The van der Waals surface area contributed by atoms with Crippen LogP contribution in [0.2, 0.25) is 0 Å². The molecule has 68 valence electrons. The van der Waals surface area contributed by atoms with Crippen molar-refractivity contribution in [3.8, 4) is 6.07 Å². The molecule has 0 aromatic carbocycles. The molecular formula is C10H17NO. The van der Waals surface area contributed by atoms with E-state index in [9.17, 15) is 5.11 Å². The van der Waals surface area contributed by atoms with Gasteiger partial charge in [-0.05, 0) is 24.7 Å². The summed E-state index contributed by atoms with van der Waals surface area (Å²) in [5.74, 6) is 0. The molecule has 1 atom stereocenters. The molecule has 0 saturated heterocycles. The molecular weight excluding hydrogens is 150 g/mol. The minimum absolute atomic E-state index is 0.119. The van der Waals surface area contributed by atoms with Gasteiger partial charge < -0.3 is 5.11 Å². The first-order chi connectivity index (χ1) is 5.48. The highest BCUT2D eigenvalue weighted by Crippen LogP contribution is 2.53. The van der Waals surface area contributed by atoms with Crippen molar-refractivity contribution in [3.05, 3.63) is 0 Å². The molecule has 0 spiro atoms. The summed E-state index contributed by atoms with van der Waals surface area (Å²) < 4.78 is 0. The van der Waals surface area contributed by atoms with Crippen LogP contribution in [0.15, 0.2) is 0 Å². The lowest BCUT2D eigenvalue weighted by molar-refractivity contribution is 0.00711. The lowest BCUT2D eigenvalue weighted by atomic mass is 9.76. The number of rotatable bonds is 3. The SMILES string of the molecule is CCC(C)(C)C(O)C1(C#N)CC1. The molecule has 0 aromatic rings. The largest absolute Gasteiger partial charge is 0.391 e. The fraction of sp³-hybridized carbons (Fsp3) is 0.900. The van der Waals surface area contributed by atoms with Crippen molar-refractivity contribution >= 4 is 0 Å². The van der Waals surface area contributed by atoms with Crippen LogP contribution >= 0.6 is 0 Å². The Morgan fingerprint density at radius 3 is 2.33 bits per heavy atom. The Morgan fingerprint density at radius 1 is 1.58 bits per heavy atom. The second-order valence-electron chi connectivity index (χ2n) is 4.51. The second kappa shape index (κ2) is 2.74. The first-order valence-corrected chi connectivity index (χ1v) is 4.58. The van der Waals surface area contributed by atoms with Crippen molar-refractivity contribution in [2.45, 2.75) is 46.1 Å². The first-order valence-electron chi connectivity index (χ1n) is 4.58. The lowest BCUT2D eigenvalue weighted by Gasteiger charge is -2.32. The van der Waals surface area contributed by atoms with Gasteiger partial charge in [0.05, 0.1) is 17.6 Å². The molecule has 0 amide bonds. The van der Waals surface area contributed by atoms with Crippen LogP contribution in [0.25, 0.3) is 0 Å². The van der Waals surface area contributed by atoms with Crippen molar-refractivity contribution in [2.24, 2.45) is 10.8 Å². The zero-order chi connectivity index (χ0) is 9.41. The number of aliphatic hydroxyl groups is 1. The standard InChI is InChI=1S/C10H17NO/c1-4-9(2,3)8(12)10(7-11)5-6-10/h8,12H,4-6H2,1-3H3. The van der Waals surface area contributed by atoms with Crippen molar-refractivity contribution in [1.82, 2.24) is 0 Å². The summed E-state index contributed by atoms with van der Waals surface area (Å²) in [5, 5.41) is 18.8. The summed E-state index contributed by atoms with van der Waals surface area (Å²) in [6.45, 7) is 6.10. The molecule has 2 heteroatoms. The van der Waals surface area contributed by atoms with E-state index in [1.807, 2.05) is 13.8 Å². The molecule has 0 radical (unpaired) electrons. The molecule has 1 unspecified atom stereocenters. The summed E-state index contributed by atoms with van der Waals surface area (Å²) in [5.41, 5.74) is -0.522. The predicted molar refractivity (Wildman–Crippen MR) is 47.4 cm³/mol. The van der Waals surface area contributed by atoms with E-state index < -0.39 is 11.5 Å². The monoisotopic (exact) mass is 167 g/mol. The van der Waals surface area contributed by atoms with Gasteiger partial charge >= 0.3 is 0 Å². The molecule has 1 saturated carbocycles. The summed E-state index contributed by atoms with van der Waals surface area (Å²) in [6, 6.07) is 2.24. The topological polar surface area (TPSA) is 44.0 Å². The van der Waals surface area contributed by atoms with Gasteiger partial charge in [0.2, 0.25) is 0 Å². The van der Waals surface area contributed by atoms with Gasteiger partial charge in [-0.25, -0.2) is 0 Å². The van der Waals surface area contributed by atoms with Gasteiger partial charge in [-0.3, -0.25) is 0 Å². The van der Waals surface area contributed by atoms with Crippen molar-refractivity contribution in [2.75, 3.05) is 0 Å². The third kappa shape index (κ3) is 1.34. The average molecular weight is 167 g/mol. The first kappa shape index (κ1) is 9.54. The van der Waals surface area contributed by atoms with Gasteiger partial charge in [0.15, 0.2) is 0 Å². The van der Waals surface area contributed by atoms with Crippen LogP contribution in [0.4, 0.5) is 0 Å². The van der Waals surface area contributed by atoms with Crippen LogP contribution < -0.4 is 0 Å². The number of nitriles is 1. The molecule has 1 N–H and O–H groups in total. The summed E-state index contributed by atoms with van der Waals surface area (Å²) in [6.07, 6.45) is 2.19. The van der Waals surface area contributed by atoms with Gasteiger partial charge in [-0.15, -0.1) is 0 Å². The van der Waals surface area contributed by atoms with E-state index in [2.05, 4.69) is 13.0 Å². The van der Waals surface area contributed by atoms with Crippen molar-refractivity contribution in [1.29, 1.82) is 5.26 Å². The molecule has 1 fully saturated rings.